The zero-order chi connectivity index (χ0) is 9.35. The zero-order valence-corrected chi connectivity index (χ0v) is 7.81. The van der Waals surface area contributed by atoms with E-state index in [1.807, 2.05) is 0 Å². The fourth-order valence-corrected chi connectivity index (χ4v) is 1.07. The van der Waals surface area contributed by atoms with Gasteiger partial charge in [0.1, 0.15) is 0 Å². The van der Waals surface area contributed by atoms with Crippen LogP contribution in [-0.4, -0.2) is 24.4 Å². The maximum absolute atomic E-state index is 12.2. The lowest BCUT2D eigenvalue weighted by molar-refractivity contribution is 0.0437. The van der Waals surface area contributed by atoms with Gasteiger partial charge in [-0.15, -0.1) is 0 Å². The van der Waals surface area contributed by atoms with E-state index in [4.69, 9.17) is 0 Å². The standard InChI is InChI=1S/C5H7F2NO2S2/c1-12(11)8-4(9)10-3-2-5(3,6)7/h3H,2H2,1H3,(H,8,9). The Bertz CT molecular complexity index is 233. The molecule has 0 aliphatic heterocycles. The maximum Gasteiger partial charge on any atom is 0.417 e. The quantitative estimate of drug-likeness (QED) is 0.738. The lowest BCUT2D eigenvalue weighted by Crippen LogP contribution is -2.26. The van der Waals surface area contributed by atoms with E-state index in [0.717, 1.165) is 0 Å². The molecule has 7 heteroatoms. The molecule has 1 rings (SSSR count). The van der Waals surface area contributed by atoms with E-state index in [-0.39, 0.29) is 6.42 Å². The fraction of sp³-hybridized carbons (Fsp3) is 0.800. The Balaban J connectivity index is 2.25. The third-order valence-corrected chi connectivity index (χ3v) is 1.95. The third-order valence-electron chi connectivity index (χ3n) is 1.24. The molecule has 70 valence electrons. The van der Waals surface area contributed by atoms with Crippen molar-refractivity contribution in [2.45, 2.75) is 18.4 Å². The number of hydrogen-bond donors (Lipinski definition) is 1. The summed E-state index contributed by atoms with van der Waals surface area (Å²) in [6.07, 6.45) is -0.925. The van der Waals surface area contributed by atoms with Gasteiger partial charge in [0, 0.05) is 6.26 Å². The second-order valence-corrected chi connectivity index (χ2v) is 5.03. The molecule has 0 aromatic heterocycles. The van der Waals surface area contributed by atoms with Crippen molar-refractivity contribution in [1.29, 1.82) is 0 Å². The Hall–Kier alpha value is -0.300. The number of ether oxygens (including phenoxy) is 1. The van der Waals surface area contributed by atoms with Crippen molar-refractivity contribution in [3.63, 3.8) is 0 Å². The molecule has 0 aromatic carbocycles. The summed E-state index contributed by atoms with van der Waals surface area (Å²) >= 11 is 4.61. The van der Waals surface area contributed by atoms with Crippen molar-refractivity contribution in [1.82, 2.24) is 4.72 Å². The SMILES string of the molecule is CS(=S)NC(=O)OC1CC1(F)F. The largest absolute Gasteiger partial charge is 0.439 e. The first-order valence-electron chi connectivity index (χ1n) is 3.10. The van der Waals surface area contributed by atoms with Crippen LogP contribution in [0.2, 0.25) is 0 Å². The van der Waals surface area contributed by atoms with Crippen molar-refractivity contribution in [2.75, 3.05) is 6.26 Å². The molecule has 0 bridgehead atoms. The highest BCUT2D eigenvalue weighted by atomic mass is 32.8. The van der Waals surface area contributed by atoms with Crippen LogP contribution < -0.4 is 4.72 Å². The van der Waals surface area contributed by atoms with Gasteiger partial charge in [-0.2, -0.15) is 0 Å². The highest BCUT2D eigenvalue weighted by molar-refractivity contribution is 8.27. The monoisotopic (exact) mass is 215 g/mol. The normalized spacial score (nSPS) is 27.4. The number of carbonyl (C=O) groups excluding carboxylic acids is 1. The van der Waals surface area contributed by atoms with Crippen LogP contribution in [-0.2, 0) is 25.6 Å². The Morgan fingerprint density at radius 3 is 2.67 bits per heavy atom. The van der Waals surface area contributed by atoms with Crippen LogP contribution in [0.1, 0.15) is 6.42 Å². The molecule has 3 nitrogen and oxygen atoms in total. The van der Waals surface area contributed by atoms with E-state index < -0.39 is 27.8 Å². The summed E-state index contributed by atoms with van der Waals surface area (Å²) in [4.78, 5) is 10.7. The summed E-state index contributed by atoms with van der Waals surface area (Å²) in [6, 6.07) is 0. The Labute approximate surface area is 75.2 Å². The van der Waals surface area contributed by atoms with Crippen LogP contribution >= 0.6 is 0 Å². The zero-order valence-electron chi connectivity index (χ0n) is 6.17. The molecule has 0 saturated heterocycles. The van der Waals surface area contributed by atoms with E-state index in [9.17, 15) is 13.6 Å². The third kappa shape index (κ3) is 2.63. The fourth-order valence-electron chi connectivity index (χ4n) is 0.587. The van der Waals surface area contributed by atoms with Crippen molar-refractivity contribution < 1.29 is 18.3 Å². The average Bonchev–Trinajstić information content (AvgIpc) is 2.35. The number of hydrogen-bond acceptors (Lipinski definition) is 3. The average molecular weight is 215 g/mol. The Kier molecular flexibility index (Phi) is 2.62. The minimum absolute atomic E-state index is 0.380. The number of alkyl halides is 2. The molecule has 1 aliphatic carbocycles. The van der Waals surface area contributed by atoms with Gasteiger partial charge in [0.05, 0.1) is 6.42 Å². The molecule has 0 heterocycles. The van der Waals surface area contributed by atoms with Crippen molar-refractivity contribution in [3.05, 3.63) is 0 Å². The lowest BCUT2D eigenvalue weighted by Gasteiger charge is -2.03. The van der Waals surface area contributed by atoms with Crippen LogP contribution in [0.25, 0.3) is 0 Å². The first-order chi connectivity index (χ1) is 5.42. The van der Waals surface area contributed by atoms with Gasteiger partial charge in [-0.25, -0.2) is 13.6 Å². The van der Waals surface area contributed by atoms with Crippen LogP contribution in [0.15, 0.2) is 0 Å². The number of halogens is 2. The van der Waals surface area contributed by atoms with Crippen LogP contribution in [0, 0.1) is 0 Å². The molecule has 1 saturated carbocycles. The minimum Gasteiger partial charge on any atom is -0.439 e. The van der Waals surface area contributed by atoms with Crippen molar-refractivity contribution >= 4 is 26.9 Å². The van der Waals surface area contributed by atoms with Crippen molar-refractivity contribution in [2.24, 2.45) is 0 Å². The first-order valence-corrected chi connectivity index (χ1v) is 5.66. The van der Waals surface area contributed by atoms with Gasteiger partial charge in [-0.3, -0.25) is 4.72 Å². The number of rotatable bonds is 2. The molecule has 1 amide bonds. The van der Waals surface area contributed by atoms with E-state index >= 15 is 0 Å². The van der Waals surface area contributed by atoms with Gasteiger partial charge in [0.25, 0.3) is 5.92 Å². The summed E-state index contributed by atoms with van der Waals surface area (Å²) in [6.45, 7) is 0. The predicted octanol–water partition coefficient (Wildman–Crippen LogP) is 0.745. The van der Waals surface area contributed by atoms with Gasteiger partial charge in [0.2, 0.25) is 0 Å². The highest BCUT2D eigenvalue weighted by Gasteiger charge is 2.60. The lowest BCUT2D eigenvalue weighted by atomic mass is 10.8. The summed E-state index contributed by atoms with van der Waals surface area (Å²) in [5.41, 5.74) is 0. The molecule has 1 aliphatic rings. The van der Waals surface area contributed by atoms with Gasteiger partial charge < -0.3 is 4.74 Å². The van der Waals surface area contributed by atoms with Gasteiger partial charge >= 0.3 is 6.09 Å². The molecule has 2 unspecified atom stereocenters. The molecule has 1 fully saturated rings. The maximum atomic E-state index is 12.2. The first kappa shape index (κ1) is 9.79. The van der Waals surface area contributed by atoms with Gasteiger partial charge in [0.15, 0.2) is 6.10 Å². The minimum atomic E-state index is -2.83. The predicted molar refractivity (Wildman–Crippen MR) is 43.6 cm³/mol. The molecule has 0 radical (unpaired) electrons. The molecular weight excluding hydrogens is 208 g/mol. The molecule has 12 heavy (non-hydrogen) atoms. The van der Waals surface area contributed by atoms with E-state index in [2.05, 4.69) is 20.6 Å². The molecule has 0 spiro atoms. The highest BCUT2D eigenvalue weighted by Crippen LogP contribution is 2.44. The topological polar surface area (TPSA) is 38.3 Å². The van der Waals surface area contributed by atoms with Crippen molar-refractivity contribution in [3.8, 4) is 0 Å². The second kappa shape index (κ2) is 3.21. The molecular formula is C5H7F2NO2S2. The van der Waals surface area contributed by atoms with E-state index in [0.29, 0.717) is 0 Å². The Morgan fingerprint density at radius 2 is 2.33 bits per heavy atom. The number of carbonyl (C=O) groups is 1. The van der Waals surface area contributed by atoms with Gasteiger partial charge in [-0.1, -0.05) is 0 Å². The van der Waals surface area contributed by atoms with E-state index in [1.54, 1.807) is 6.26 Å². The summed E-state index contributed by atoms with van der Waals surface area (Å²) in [5, 5.41) is 0. The van der Waals surface area contributed by atoms with Crippen LogP contribution in [0.4, 0.5) is 13.6 Å². The Morgan fingerprint density at radius 1 is 1.83 bits per heavy atom. The smallest absolute Gasteiger partial charge is 0.417 e. The summed E-state index contributed by atoms with van der Waals surface area (Å²) < 4.78 is 30.9. The molecule has 1 N–H and O–H groups in total. The molecule has 0 aromatic rings. The second-order valence-electron chi connectivity index (χ2n) is 2.42. The van der Waals surface area contributed by atoms with Crippen LogP contribution in [0.5, 0.6) is 0 Å². The van der Waals surface area contributed by atoms with Gasteiger partial charge in [-0.05, 0) is 20.8 Å². The summed E-state index contributed by atoms with van der Waals surface area (Å²) in [7, 11) is -0.745. The summed E-state index contributed by atoms with van der Waals surface area (Å²) in [5.74, 6) is -2.83. The van der Waals surface area contributed by atoms with E-state index in [1.165, 1.54) is 0 Å². The number of amides is 1. The van der Waals surface area contributed by atoms with Crippen LogP contribution in [0.3, 0.4) is 0 Å². The molecule has 2 atom stereocenters. The number of nitrogens with one attached hydrogen (secondary N) is 1.